The van der Waals surface area contributed by atoms with Gasteiger partial charge in [-0.05, 0) is 55.8 Å². The summed E-state index contributed by atoms with van der Waals surface area (Å²) in [5, 5.41) is 2.41. The van der Waals surface area contributed by atoms with Crippen molar-refractivity contribution in [2.45, 2.75) is 19.3 Å². The summed E-state index contributed by atoms with van der Waals surface area (Å²) in [6.07, 6.45) is 0. The Morgan fingerprint density at radius 1 is 1.08 bits per heavy atom. The molecule has 0 fully saturated rings. The number of imidazole rings is 1. The first-order valence-electron chi connectivity index (χ1n) is 7.94. The van der Waals surface area contributed by atoms with E-state index in [0.717, 1.165) is 16.8 Å². The Balaban J connectivity index is 1.87. The number of fused-ring (bicyclic) bond motifs is 2. The van der Waals surface area contributed by atoms with Crippen LogP contribution in [0.4, 0.5) is 0 Å². The predicted molar refractivity (Wildman–Crippen MR) is 93.6 cm³/mol. The fourth-order valence-corrected chi connectivity index (χ4v) is 3.10. The minimum Gasteiger partial charge on any atom is -0.497 e. The quantitative estimate of drug-likeness (QED) is 0.705. The Morgan fingerprint density at radius 3 is 2.48 bits per heavy atom. The monoisotopic (exact) mass is 335 g/mol. The van der Waals surface area contributed by atoms with Gasteiger partial charge in [0.05, 0.1) is 23.6 Å². The lowest BCUT2D eigenvalue weighted by Gasteiger charge is -2.30. The van der Waals surface area contributed by atoms with Crippen LogP contribution in [0.3, 0.4) is 0 Å². The number of hydrogen-bond acceptors (Lipinski definition) is 4. The van der Waals surface area contributed by atoms with Gasteiger partial charge in [-0.1, -0.05) is 0 Å². The number of ether oxygens (including phenoxy) is 1. The van der Waals surface area contributed by atoms with Crippen molar-refractivity contribution >= 4 is 22.8 Å². The van der Waals surface area contributed by atoms with Crippen LogP contribution >= 0.6 is 0 Å². The lowest BCUT2D eigenvalue weighted by molar-refractivity contribution is -0.125. The van der Waals surface area contributed by atoms with Gasteiger partial charge in [0, 0.05) is 11.1 Å². The third-order valence-corrected chi connectivity index (χ3v) is 4.70. The summed E-state index contributed by atoms with van der Waals surface area (Å²) < 4.78 is 5.17. The molecule has 1 aliphatic rings. The Morgan fingerprint density at radius 2 is 1.80 bits per heavy atom. The average molecular weight is 335 g/mol. The fraction of sp³-hybridized carbons (Fsp3) is 0.211. The second-order valence-electron chi connectivity index (χ2n) is 6.64. The van der Waals surface area contributed by atoms with Crippen LogP contribution in [0, 0.1) is 0 Å². The molecule has 1 aromatic heterocycles. The average Bonchev–Trinajstić information content (AvgIpc) is 3.02. The Bertz CT molecular complexity index is 1020. The fourth-order valence-electron chi connectivity index (χ4n) is 3.10. The third-order valence-electron chi connectivity index (χ3n) is 4.70. The highest BCUT2D eigenvalue weighted by atomic mass is 16.5. The summed E-state index contributed by atoms with van der Waals surface area (Å²) >= 11 is 0. The van der Waals surface area contributed by atoms with Gasteiger partial charge in [-0.3, -0.25) is 14.9 Å². The summed E-state index contributed by atoms with van der Waals surface area (Å²) in [4.78, 5) is 32.2. The van der Waals surface area contributed by atoms with E-state index in [1.165, 1.54) is 0 Å². The maximum absolute atomic E-state index is 12.2. The second kappa shape index (κ2) is 5.17. The molecule has 6 nitrogen and oxygen atoms in total. The number of nitrogens with one attached hydrogen (secondary N) is 2. The minimum absolute atomic E-state index is 0.292. The number of methoxy groups -OCH3 is 1. The molecule has 2 N–H and O–H groups in total. The number of rotatable bonds is 2. The summed E-state index contributed by atoms with van der Waals surface area (Å²) in [7, 11) is 1.62. The number of H-pyrrole nitrogens is 1. The summed E-state index contributed by atoms with van der Waals surface area (Å²) in [5.41, 5.74) is 2.81. The molecule has 0 atom stereocenters. The molecule has 6 heteroatoms. The molecule has 2 amide bonds. The predicted octanol–water partition coefficient (Wildman–Crippen LogP) is 2.79. The van der Waals surface area contributed by atoms with Crippen molar-refractivity contribution < 1.29 is 14.3 Å². The standard InChI is InChI=1S/C19H17N3O3/c1-19(2)13-9-15-14(8-12(13)17(23)22-18(19)24)20-16(21-15)10-4-6-11(25-3)7-5-10/h4-9H,1-3H3,(H,20,21)(H,22,23,24). The van der Waals surface area contributed by atoms with Gasteiger partial charge >= 0.3 is 0 Å². The van der Waals surface area contributed by atoms with E-state index in [4.69, 9.17) is 4.74 Å². The number of carbonyl (C=O) groups is 2. The largest absolute Gasteiger partial charge is 0.497 e. The molecule has 0 saturated heterocycles. The van der Waals surface area contributed by atoms with Gasteiger partial charge in [-0.25, -0.2) is 4.98 Å². The molecule has 3 aromatic rings. The van der Waals surface area contributed by atoms with E-state index in [0.29, 0.717) is 22.5 Å². The highest BCUT2D eigenvalue weighted by Crippen LogP contribution is 2.34. The van der Waals surface area contributed by atoms with Gasteiger partial charge in [-0.15, -0.1) is 0 Å². The molecule has 0 spiro atoms. The number of aromatic nitrogens is 2. The molecule has 0 saturated carbocycles. The van der Waals surface area contributed by atoms with E-state index >= 15 is 0 Å². The van der Waals surface area contributed by atoms with Crippen molar-refractivity contribution in [3.05, 3.63) is 47.5 Å². The highest BCUT2D eigenvalue weighted by molar-refractivity contribution is 6.14. The van der Waals surface area contributed by atoms with Gasteiger partial charge in [-0.2, -0.15) is 0 Å². The van der Waals surface area contributed by atoms with Gasteiger partial charge in [0.25, 0.3) is 5.91 Å². The molecule has 126 valence electrons. The van der Waals surface area contributed by atoms with Gasteiger partial charge < -0.3 is 9.72 Å². The maximum Gasteiger partial charge on any atom is 0.258 e. The molecule has 0 aliphatic carbocycles. The Labute approximate surface area is 144 Å². The third kappa shape index (κ3) is 2.29. The molecule has 2 heterocycles. The summed E-state index contributed by atoms with van der Waals surface area (Å²) in [6, 6.07) is 11.1. The van der Waals surface area contributed by atoms with Crippen molar-refractivity contribution in [1.29, 1.82) is 0 Å². The normalized spacial score (nSPS) is 15.8. The van der Waals surface area contributed by atoms with Crippen molar-refractivity contribution in [2.75, 3.05) is 7.11 Å². The van der Waals surface area contributed by atoms with E-state index in [-0.39, 0.29) is 11.8 Å². The SMILES string of the molecule is COc1ccc(-c2nc3cc4c(cc3[nH]2)C(C)(C)C(=O)NC4=O)cc1. The number of aromatic amines is 1. The number of carbonyl (C=O) groups excluding carboxylic acids is 2. The van der Waals surface area contributed by atoms with Crippen molar-refractivity contribution in [1.82, 2.24) is 15.3 Å². The van der Waals surface area contributed by atoms with E-state index in [1.807, 2.05) is 30.3 Å². The number of benzene rings is 2. The van der Waals surface area contributed by atoms with Gasteiger partial charge in [0.2, 0.25) is 5.91 Å². The van der Waals surface area contributed by atoms with Crippen LogP contribution in [0.5, 0.6) is 5.75 Å². The van der Waals surface area contributed by atoms with Crippen molar-refractivity contribution in [3.8, 4) is 17.1 Å². The molecular formula is C19H17N3O3. The van der Waals surface area contributed by atoms with Crippen molar-refractivity contribution in [2.24, 2.45) is 0 Å². The zero-order chi connectivity index (χ0) is 17.8. The molecule has 0 bridgehead atoms. The van der Waals surface area contributed by atoms with Crippen LogP contribution in [0.2, 0.25) is 0 Å². The van der Waals surface area contributed by atoms with Crippen LogP contribution in [0.15, 0.2) is 36.4 Å². The molecule has 0 unspecified atom stereocenters. The molecular weight excluding hydrogens is 318 g/mol. The highest BCUT2D eigenvalue weighted by Gasteiger charge is 2.39. The van der Waals surface area contributed by atoms with E-state index in [2.05, 4.69) is 15.3 Å². The van der Waals surface area contributed by atoms with E-state index in [1.54, 1.807) is 27.0 Å². The second-order valence-corrected chi connectivity index (χ2v) is 6.64. The van der Waals surface area contributed by atoms with E-state index < -0.39 is 5.41 Å². The number of amides is 2. The smallest absolute Gasteiger partial charge is 0.258 e. The van der Waals surface area contributed by atoms with Crippen LogP contribution in [-0.4, -0.2) is 28.9 Å². The first-order valence-corrected chi connectivity index (χ1v) is 7.94. The molecule has 2 aromatic carbocycles. The number of hydrogen-bond donors (Lipinski definition) is 2. The van der Waals surface area contributed by atoms with Crippen LogP contribution in [-0.2, 0) is 10.2 Å². The van der Waals surface area contributed by atoms with Crippen LogP contribution < -0.4 is 10.1 Å². The lowest BCUT2D eigenvalue weighted by atomic mass is 9.78. The lowest BCUT2D eigenvalue weighted by Crippen LogP contribution is -2.48. The number of imide groups is 1. The first kappa shape index (κ1) is 15.4. The zero-order valence-corrected chi connectivity index (χ0v) is 14.1. The summed E-state index contributed by atoms with van der Waals surface area (Å²) in [6.45, 7) is 3.61. The molecule has 0 radical (unpaired) electrons. The topological polar surface area (TPSA) is 84.1 Å². The molecule has 25 heavy (non-hydrogen) atoms. The van der Waals surface area contributed by atoms with Crippen molar-refractivity contribution in [3.63, 3.8) is 0 Å². The van der Waals surface area contributed by atoms with Crippen LogP contribution in [0.25, 0.3) is 22.4 Å². The molecule has 1 aliphatic heterocycles. The van der Waals surface area contributed by atoms with Gasteiger partial charge in [0.15, 0.2) is 0 Å². The van der Waals surface area contributed by atoms with Crippen LogP contribution in [0.1, 0.15) is 29.8 Å². The number of nitrogens with zero attached hydrogens (tertiary/aromatic N) is 1. The minimum atomic E-state index is -0.775. The zero-order valence-electron chi connectivity index (χ0n) is 14.1. The Hall–Kier alpha value is -3.15. The first-order chi connectivity index (χ1) is 11.9. The summed E-state index contributed by atoms with van der Waals surface area (Å²) in [5.74, 6) is 0.797. The Kier molecular flexibility index (Phi) is 3.18. The maximum atomic E-state index is 12.2. The molecule has 4 rings (SSSR count). The van der Waals surface area contributed by atoms with E-state index in [9.17, 15) is 9.59 Å². The van der Waals surface area contributed by atoms with Gasteiger partial charge in [0.1, 0.15) is 11.6 Å².